The summed E-state index contributed by atoms with van der Waals surface area (Å²) in [5.74, 6) is 0.907. The number of nitrogens with one attached hydrogen (secondary N) is 1. The second-order valence-corrected chi connectivity index (χ2v) is 5.30. The molecule has 1 aliphatic heterocycles. The smallest absolute Gasteiger partial charge is 0.141 e. The minimum absolute atomic E-state index is 0.240. The van der Waals surface area contributed by atoms with Crippen molar-refractivity contribution in [3.63, 3.8) is 0 Å². The highest BCUT2D eigenvalue weighted by Crippen LogP contribution is 2.30. The van der Waals surface area contributed by atoms with Gasteiger partial charge in [0.1, 0.15) is 12.2 Å². The molecule has 0 radical (unpaired) electrons. The zero-order valence-corrected chi connectivity index (χ0v) is 11.4. The van der Waals surface area contributed by atoms with E-state index in [1.54, 1.807) is 6.33 Å². The van der Waals surface area contributed by atoms with Gasteiger partial charge in [-0.05, 0) is 24.9 Å². The van der Waals surface area contributed by atoms with Crippen molar-refractivity contribution >= 4 is 0 Å². The molecular weight excluding hydrogens is 252 g/mol. The average Bonchev–Trinajstić information content (AvgIpc) is 3.03. The predicted molar refractivity (Wildman–Crippen MR) is 75.9 cm³/mol. The van der Waals surface area contributed by atoms with Crippen LogP contribution in [-0.2, 0) is 0 Å². The fraction of sp³-hybridized carbons (Fsp3) is 0.467. The molecule has 2 heterocycles. The van der Waals surface area contributed by atoms with Crippen molar-refractivity contribution in [1.29, 1.82) is 0 Å². The van der Waals surface area contributed by atoms with Crippen LogP contribution in [0.2, 0.25) is 0 Å². The van der Waals surface area contributed by atoms with Crippen LogP contribution in [-0.4, -0.2) is 38.3 Å². The van der Waals surface area contributed by atoms with Gasteiger partial charge in [-0.25, -0.2) is 4.98 Å². The van der Waals surface area contributed by atoms with Crippen LogP contribution in [0, 0.1) is 0 Å². The molecule has 2 atom stereocenters. The Labute approximate surface area is 118 Å². The van der Waals surface area contributed by atoms with E-state index in [4.69, 9.17) is 0 Å². The summed E-state index contributed by atoms with van der Waals surface area (Å²) in [6, 6.07) is 10.1. The quantitative estimate of drug-likeness (QED) is 0.894. The van der Waals surface area contributed by atoms with Gasteiger partial charge in [-0.1, -0.05) is 36.8 Å². The molecule has 0 bridgehead atoms. The number of piperidine rings is 1. The number of aromatic amines is 1. The summed E-state index contributed by atoms with van der Waals surface area (Å²) in [6.45, 7) is 1.63. The van der Waals surface area contributed by atoms with Crippen molar-refractivity contribution in [1.82, 2.24) is 20.1 Å². The minimum atomic E-state index is -0.459. The molecule has 1 aromatic heterocycles. The molecular formula is C15H20N4O. The van der Waals surface area contributed by atoms with Crippen LogP contribution >= 0.6 is 0 Å². The Hall–Kier alpha value is -1.72. The molecule has 106 valence electrons. The maximum atomic E-state index is 10.4. The number of β-amino-alcohol motifs (C(OH)–C–C–N with tert-alkyl or cyclic N) is 1. The Bertz CT molecular complexity index is 514. The van der Waals surface area contributed by atoms with Gasteiger partial charge in [0, 0.05) is 6.54 Å². The van der Waals surface area contributed by atoms with E-state index in [1.165, 1.54) is 12.8 Å². The van der Waals surface area contributed by atoms with Gasteiger partial charge in [0.25, 0.3) is 0 Å². The highest BCUT2D eigenvalue weighted by molar-refractivity contribution is 5.17. The summed E-state index contributed by atoms with van der Waals surface area (Å²) in [4.78, 5) is 6.59. The normalized spacial score (nSPS) is 21.8. The van der Waals surface area contributed by atoms with Crippen molar-refractivity contribution < 1.29 is 5.11 Å². The molecule has 2 unspecified atom stereocenters. The number of aromatic nitrogens is 3. The van der Waals surface area contributed by atoms with Crippen molar-refractivity contribution in [3.8, 4) is 0 Å². The first-order valence-electron chi connectivity index (χ1n) is 7.17. The molecule has 3 rings (SSSR count). The van der Waals surface area contributed by atoms with Gasteiger partial charge in [0.15, 0.2) is 0 Å². The molecule has 0 amide bonds. The summed E-state index contributed by atoms with van der Waals surface area (Å²) in [5.41, 5.74) is 0.967. The molecule has 2 N–H and O–H groups in total. The van der Waals surface area contributed by atoms with Gasteiger partial charge in [-0.3, -0.25) is 10.00 Å². The number of hydrogen-bond donors (Lipinski definition) is 2. The van der Waals surface area contributed by atoms with Crippen LogP contribution in [0.4, 0.5) is 0 Å². The number of hydrogen-bond acceptors (Lipinski definition) is 4. The molecule has 20 heavy (non-hydrogen) atoms. The molecule has 5 nitrogen and oxygen atoms in total. The van der Waals surface area contributed by atoms with Crippen LogP contribution in [0.1, 0.15) is 42.8 Å². The van der Waals surface area contributed by atoms with Crippen molar-refractivity contribution in [2.75, 3.05) is 13.1 Å². The molecule has 1 aromatic carbocycles. The number of aliphatic hydroxyl groups excluding tert-OH is 1. The third-order valence-electron chi connectivity index (χ3n) is 3.95. The van der Waals surface area contributed by atoms with Gasteiger partial charge in [0.2, 0.25) is 0 Å². The number of rotatable bonds is 4. The van der Waals surface area contributed by atoms with Gasteiger partial charge < -0.3 is 5.11 Å². The van der Waals surface area contributed by atoms with E-state index in [9.17, 15) is 5.11 Å². The number of aliphatic hydroxyl groups is 1. The van der Waals surface area contributed by atoms with Crippen molar-refractivity contribution in [2.45, 2.75) is 31.4 Å². The summed E-state index contributed by atoms with van der Waals surface area (Å²) in [5, 5.41) is 17.3. The first-order chi connectivity index (χ1) is 9.84. The van der Waals surface area contributed by atoms with Gasteiger partial charge >= 0.3 is 0 Å². The third-order valence-corrected chi connectivity index (χ3v) is 3.95. The monoisotopic (exact) mass is 272 g/mol. The zero-order valence-electron chi connectivity index (χ0n) is 11.4. The lowest BCUT2D eigenvalue weighted by molar-refractivity contribution is 0.0638. The maximum absolute atomic E-state index is 10.4. The standard InChI is InChI=1S/C15H20N4O/c20-14(12-6-2-1-3-7-12)10-19-9-5-4-8-13(19)15-16-11-17-18-15/h1-3,6-7,11,13-14,20H,4-5,8-10H2,(H,16,17,18). The average molecular weight is 272 g/mol. The zero-order chi connectivity index (χ0) is 13.8. The largest absolute Gasteiger partial charge is 0.387 e. The van der Waals surface area contributed by atoms with E-state index in [-0.39, 0.29) is 6.04 Å². The maximum Gasteiger partial charge on any atom is 0.141 e. The lowest BCUT2D eigenvalue weighted by Gasteiger charge is -2.35. The number of nitrogens with zero attached hydrogens (tertiary/aromatic N) is 3. The van der Waals surface area contributed by atoms with E-state index >= 15 is 0 Å². The number of benzene rings is 1. The number of H-pyrrole nitrogens is 1. The summed E-state index contributed by atoms with van der Waals surface area (Å²) in [6.07, 6.45) is 4.53. The SMILES string of the molecule is OC(CN1CCCCC1c1ncn[nH]1)c1ccccc1. The number of likely N-dealkylation sites (tertiary alicyclic amines) is 1. The Morgan fingerprint density at radius 2 is 2.15 bits per heavy atom. The Kier molecular flexibility index (Phi) is 4.08. The van der Waals surface area contributed by atoms with Crippen molar-refractivity contribution in [3.05, 3.63) is 48.0 Å². The first-order valence-corrected chi connectivity index (χ1v) is 7.17. The van der Waals surface area contributed by atoms with Crippen LogP contribution in [0.25, 0.3) is 0 Å². The molecule has 0 spiro atoms. The summed E-state index contributed by atoms with van der Waals surface area (Å²) >= 11 is 0. The van der Waals surface area contributed by atoms with Gasteiger partial charge in [0.05, 0.1) is 12.1 Å². The Morgan fingerprint density at radius 3 is 2.90 bits per heavy atom. The molecule has 2 aromatic rings. The van der Waals surface area contributed by atoms with Crippen LogP contribution in [0.15, 0.2) is 36.7 Å². The van der Waals surface area contributed by atoms with E-state index in [0.717, 1.165) is 24.4 Å². The minimum Gasteiger partial charge on any atom is -0.387 e. The van der Waals surface area contributed by atoms with Crippen LogP contribution in [0.5, 0.6) is 0 Å². The predicted octanol–water partition coefficient (Wildman–Crippen LogP) is 2.07. The summed E-state index contributed by atoms with van der Waals surface area (Å²) in [7, 11) is 0. The highest BCUT2D eigenvalue weighted by atomic mass is 16.3. The molecule has 1 saturated heterocycles. The molecule has 1 aliphatic rings. The van der Waals surface area contributed by atoms with E-state index in [0.29, 0.717) is 6.54 Å². The highest BCUT2D eigenvalue weighted by Gasteiger charge is 2.27. The fourth-order valence-corrected chi connectivity index (χ4v) is 2.90. The van der Waals surface area contributed by atoms with Gasteiger partial charge in [-0.2, -0.15) is 5.10 Å². The Balaban J connectivity index is 1.71. The lowest BCUT2D eigenvalue weighted by atomic mass is 10.00. The topological polar surface area (TPSA) is 65.0 Å². The molecule has 1 fully saturated rings. The Morgan fingerprint density at radius 1 is 1.30 bits per heavy atom. The third kappa shape index (κ3) is 2.89. The summed E-state index contributed by atoms with van der Waals surface area (Å²) < 4.78 is 0. The molecule has 5 heteroatoms. The molecule has 0 saturated carbocycles. The second kappa shape index (κ2) is 6.15. The lowest BCUT2D eigenvalue weighted by Crippen LogP contribution is -2.37. The second-order valence-electron chi connectivity index (χ2n) is 5.30. The molecule has 0 aliphatic carbocycles. The van der Waals surface area contributed by atoms with Crippen molar-refractivity contribution in [2.24, 2.45) is 0 Å². The van der Waals surface area contributed by atoms with E-state index in [1.807, 2.05) is 30.3 Å². The fourth-order valence-electron chi connectivity index (χ4n) is 2.90. The van der Waals surface area contributed by atoms with Gasteiger partial charge in [-0.15, -0.1) is 0 Å². The first kappa shape index (κ1) is 13.3. The van der Waals surface area contributed by atoms with Crippen LogP contribution in [0.3, 0.4) is 0 Å². The van der Waals surface area contributed by atoms with Crippen LogP contribution < -0.4 is 0 Å². The van der Waals surface area contributed by atoms with E-state index in [2.05, 4.69) is 20.1 Å². The van der Waals surface area contributed by atoms with E-state index < -0.39 is 6.10 Å².